The highest BCUT2D eigenvalue weighted by Gasteiger charge is 1.99. The van der Waals surface area contributed by atoms with Crippen LogP contribution in [0.3, 0.4) is 0 Å². The second-order valence-corrected chi connectivity index (χ2v) is 3.07. The number of nitrogens with zero attached hydrogens (tertiary/aromatic N) is 2. The Morgan fingerprint density at radius 1 is 1.69 bits per heavy atom. The maximum absolute atomic E-state index is 10.9. The Balaban J connectivity index is 2.50. The van der Waals surface area contributed by atoms with E-state index in [0.717, 1.165) is 5.69 Å². The van der Waals surface area contributed by atoms with E-state index in [-0.39, 0.29) is 5.91 Å². The van der Waals surface area contributed by atoms with Gasteiger partial charge >= 0.3 is 0 Å². The van der Waals surface area contributed by atoms with Gasteiger partial charge in [-0.15, -0.1) is 0 Å². The van der Waals surface area contributed by atoms with Gasteiger partial charge in [-0.05, 0) is 13.0 Å². The van der Waals surface area contributed by atoms with Gasteiger partial charge in [-0.1, -0.05) is 15.9 Å². The molecule has 1 N–H and O–H groups in total. The van der Waals surface area contributed by atoms with Gasteiger partial charge in [0.25, 0.3) is 0 Å². The van der Waals surface area contributed by atoms with Gasteiger partial charge in [-0.25, -0.2) is 9.97 Å². The van der Waals surface area contributed by atoms with Crippen LogP contribution in [0.2, 0.25) is 0 Å². The van der Waals surface area contributed by atoms with Crippen LogP contribution in [0, 0.1) is 6.92 Å². The average Bonchev–Trinajstić information content (AvgIpc) is 2.14. The van der Waals surface area contributed by atoms with E-state index in [9.17, 15) is 4.79 Å². The number of halogens is 1. The fraction of sp³-hybridized carbons (Fsp3) is 0.375. The Morgan fingerprint density at radius 3 is 3.08 bits per heavy atom. The lowest BCUT2D eigenvalue weighted by Crippen LogP contribution is -2.24. The van der Waals surface area contributed by atoms with Crippen molar-refractivity contribution in [3.05, 3.63) is 23.8 Å². The topological polar surface area (TPSA) is 54.9 Å². The standard InChI is InChI=1S/C8H10BrN3O/c1-6-10-3-2-7(12-6)5-11-8(13)4-9/h2-3H,4-5H2,1H3,(H,11,13). The quantitative estimate of drug-likeness (QED) is 0.800. The highest BCUT2D eigenvalue weighted by atomic mass is 79.9. The third-order valence-corrected chi connectivity index (χ3v) is 1.93. The molecule has 1 amide bonds. The summed E-state index contributed by atoms with van der Waals surface area (Å²) < 4.78 is 0. The lowest BCUT2D eigenvalue weighted by atomic mass is 10.4. The molecule has 0 atom stereocenters. The molecular formula is C8H10BrN3O. The minimum atomic E-state index is -0.0451. The highest BCUT2D eigenvalue weighted by Crippen LogP contribution is 1.93. The largest absolute Gasteiger partial charge is 0.350 e. The summed E-state index contributed by atoms with van der Waals surface area (Å²) in [5.74, 6) is 0.668. The van der Waals surface area contributed by atoms with Crippen molar-refractivity contribution in [2.24, 2.45) is 0 Å². The number of nitrogens with one attached hydrogen (secondary N) is 1. The first kappa shape index (κ1) is 10.1. The molecule has 0 aliphatic heterocycles. The monoisotopic (exact) mass is 243 g/mol. The lowest BCUT2D eigenvalue weighted by molar-refractivity contribution is -0.118. The molecule has 0 aromatic carbocycles. The summed E-state index contributed by atoms with van der Waals surface area (Å²) in [5.41, 5.74) is 0.821. The fourth-order valence-electron chi connectivity index (χ4n) is 0.840. The predicted molar refractivity (Wildman–Crippen MR) is 52.4 cm³/mol. The van der Waals surface area contributed by atoms with Crippen LogP contribution in [0.4, 0.5) is 0 Å². The first-order valence-corrected chi connectivity index (χ1v) is 4.95. The van der Waals surface area contributed by atoms with Gasteiger partial charge in [0.05, 0.1) is 17.6 Å². The number of aromatic nitrogens is 2. The van der Waals surface area contributed by atoms with Gasteiger partial charge in [0.1, 0.15) is 5.82 Å². The molecule has 1 aromatic rings. The number of carbonyl (C=O) groups excluding carboxylic acids is 1. The maximum atomic E-state index is 10.9. The van der Waals surface area contributed by atoms with Crippen LogP contribution in [0.1, 0.15) is 11.5 Å². The zero-order valence-electron chi connectivity index (χ0n) is 7.25. The Labute approximate surface area is 84.9 Å². The van der Waals surface area contributed by atoms with Crippen LogP contribution < -0.4 is 5.32 Å². The van der Waals surface area contributed by atoms with E-state index in [1.165, 1.54) is 0 Å². The lowest BCUT2D eigenvalue weighted by Gasteiger charge is -2.02. The van der Waals surface area contributed by atoms with Gasteiger partial charge in [0.2, 0.25) is 5.91 Å². The summed E-state index contributed by atoms with van der Waals surface area (Å²) >= 11 is 3.06. The summed E-state index contributed by atoms with van der Waals surface area (Å²) in [6.07, 6.45) is 1.68. The molecule has 4 nitrogen and oxygen atoms in total. The number of aryl methyl sites for hydroxylation is 1. The van der Waals surface area contributed by atoms with Crippen LogP contribution in [-0.4, -0.2) is 21.2 Å². The van der Waals surface area contributed by atoms with E-state index in [1.54, 1.807) is 12.3 Å². The van der Waals surface area contributed by atoms with E-state index >= 15 is 0 Å². The number of alkyl halides is 1. The van der Waals surface area contributed by atoms with Crippen molar-refractivity contribution in [1.82, 2.24) is 15.3 Å². The number of carbonyl (C=O) groups is 1. The van der Waals surface area contributed by atoms with E-state index in [2.05, 4.69) is 31.2 Å². The van der Waals surface area contributed by atoms with Crippen LogP contribution >= 0.6 is 15.9 Å². The Morgan fingerprint density at radius 2 is 2.46 bits per heavy atom. The number of hydrogen-bond acceptors (Lipinski definition) is 3. The third-order valence-electron chi connectivity index (χ3n) is 1.42. The van der Waals surface area contributed by atoms with Gasteiger partial charge in [0.15, 0.2) is 0 Å². The van der Waals surface area contributed by atoms with Crippen molar-refractivity contribution in [3.63, 3.8) is 0 Å². The van der Waals surface area contributed by atoms with Gasteiger partial charge in [0, 0.05) is 6.20 Å². The van der Waals surface area contributed by atoms with Gasteiger partial charge in [-0.3, -0.25) is 4.79 Å². The summed E-state index contributed by atoms with van der Waals surface area (Å²) in [5, 5.41) is 3.02. The molecule has 0 spiro atoms. The summed E-state index contributed by atoms with van der Waals surface area (Å²) in [6.45, 7) is 2.27. The molecule has 0 radical (unpaired) electrons. The molecular weight excluding hydrogens is 234 g/mol. The molecule has 0 saturated heterocycles. The van der Waals surface area contributed by atoms with Crippen molar-refractivity contribution in [3.8, 4) is 0 Å². The molecule has 1 rings (SSSR count). The predicted octanol–water partition coefficient (Wildman–Crippen LogP) is 0.796. The molecule has 13 heavy (non-hydrogen) atoms. The zero-order chi connectivity index (χ0) is 9.68. The van der Waals surface area contributed by atoms with Crippen LogP contribution in [0.15, 0.2) is 12.3 Å². The molecule has 0 saturated carbocycles. The molecule has 70 valence electrons. The Hall–Kier alpha value is -0.970. The molecule has 5 heteroatoms. The van der Waals surface area contributed by atoms with Crippen molar-refractivity contribution >= 4 is 21.8 Å². The molecule has 0 bridgehead atoms. The maximum Gasteiger partial charge on any atom is 0.230 e. The van der Waals surface area contributed by atoms with Gasteiger partial charge < -0.3 is 5.32 Å². The molecule has 0 fully saturated rings. The molecule has 1 heterocycles. The number of hydrogen-bond donors (Lipinski definition) is 1. The summed E-state index contributed by atoms with van der Waals surface area (Å²) in [4.78, 5) is 19.0. The van der Waals surface area contributed by atoms with Crippen LogP contribution in [-0.2, 0) is 11.3 Å². The van der Waals surface area contributed by atoms with E-state index < -0.39 is 0 Å². The minimum absolute atomic E-state index is 0.0451. The fourth-order valence-corrected chi connectivity index (χ4v) is 1.04. The van der Waals surface area contributed by atoms with E-state index in [1.807, 2.05) is 6.92 Å². The molecule has 0 unspecified atom stereocenters. The Bertz CT molecular complexity index is 303. The Kier molecular flexibility index (Phi) is 3.82. The van der Waals surface area contributed by atoms with Crippen molar-refractivity contribution in [2.75, 3.05) is 5.33 Å². The smallest absolute Gasteiger partial charge is 0.230 e. The van der Waals surface area contributed by atoms with Crippen molar-refractivity contribution in [2.45, 2.75) is 13.5 Å². The second kappa shape index (κ2) is 4.91. The number of amides is 1. The van der Waals surface area contributed by atoms with E-state index in [4.69, 9.17) is 0 Å². The molecule has 1 aromatic heterocycles. The molecule has 0 aliphatic carbocycles. The third kappa shape index (κ3) is 3.50. The van der Waals surface area contributed by atoms with Gasteiger partial charge in [-0.2, -0.15) is 0 Å². The first-order valence-electron chi connectivity index (χ1n) is 3.83. The minimum Gasteiger partial charge on any atom is -0.350 e. The number of rotatable bonds is 3. The second-order valence-electron chi connectivity index (χ2n) is 2.51. The van der Waals surface area contributed by atoms with Crippen molar-refractivity contribution < 1.29 is 4.79 Å². The first-order chi connectivity index (χ1) is 6.22. The molecule has 0 aliphatic rings. The van der Waals surface area contributed by atoms with Crippen LogP contribution in [0.5, 0.6) is 0 Å². The zero-order valence-corrected chi connectivity index (χ0v) is 8.84. The van der Waals surface area contributed by atoms with Crippen molar-refractivity contribution in [1.29, 1.82) is 0 Å². The van der Waals surface area contributed by atoms with E-state index in [0.29, 0.717) is 17.7 Å². The normalized spacial score (nSPS) is 9.69. The SMILES string of the molecule is Cc1nccc(CNC(=O)CBr)n1. The summed E-state index contributed by atoms with van der Waals surface area (Å²) in [6, 6.07) is 1.78. The summed E-state index contributed by atoms with van der Waals surface area (Å²) in [7, 11) is 0. The average molecular weight is 244 g/mol. The van der Waals surface area contributed by atoms with Crippen LogP contribution in [0.25, 0.3) is 0 Å². The highest BCUT2D eigenvalue weighted by molar-refractivity contribution is 9.09.